The van der Waals surface area contributed by atoms with E-state index in [1.807, 2.05) is 31.2 Å². The minimum Gasteiger partial charge on any atom is -0.508 e. The second-order valence-corrected chi connectivity index (χ2v) is 12.8. The molecule has 7 rings (SSSR count). The average molecular weight is 528 g/mol. The molecule has 0 aromatic heterocycles. The highest BCUT2D eigenvalue weighted by molar-refractivity contribution is 6.03. The second-order valence-electron chi connectivity index (χ2n) is 12.8. The van der Waals surface area contributed by atoms with Gasteiger partial charge in [0.05, 0.1) is 12.7 Å². The Morgan fingerprint density at radius 3 is 2.74 bits per heavy atom. The van der Waals surface area contributed by atoms with E-state index in [1.54, 1.807) is 19.3 Å². The summed E-state index contributed by atoms with van der Waals surface area (Å²) in [6, 6.07) is 7.87. The Morgan fingerprint density at radius 1 is 1.18 bits per heavy atom. The van der Waals surface area contributed by atoms with Crippen molar-refractivity contribution in [1.82, 2.24) is 5.32 Å². The summed E-state index contributed by atoms with van der Waals surface area (Å²) in [5.74, 6) is 2.04. The number of carbonyl (C=O) groups is 2. The minimum absolute atomic E-state index is 0.0163. The lowest BCUT2D eigenvalue weighted by atomic mass is 9.42. The highest BCUT2D eigenvalue weighted by atomic mass is 16.5. The van der Waals surface area contributed by atoms with Crippen LogP contribution in [0, 0.1) is 29.1 Å². The van der Waals surface area contributed by atoms with E-state index in [1.165, 1.54) is 6.42 Å². The molecule has 5 unspecified atom stereocenters. The van der Waals surface area contributed by atoms with E-state index < -0.39 is 5.92 Å². The molecule has 6 aliphatic rings. The van der Waals surface area contributed by atoms with Gasteiger partial charge in [0.1, 0.15) is 17.6 Å². The topological polar surface area (TPSA) is 84.9 Å². The Kier molecular flexibility index (Phi) is 5.63. The summed E-state index contributed by atoms with van der Waals surface area (Å²) in [4.78, 5) is 27.9. The summed E-state index contributed by atoms with van der Waals surface area (Å²) in [5.41, 5.74) is 5.18. The second kappa shape index (κ2) is 8.87. The van der Waals surface area contributed by atoms with Crippen LogP contribution in [0.4, 0.5) is 0 Å². The Labute approximate surface area is 229 Å². The zero-order valence-corrected chi connectivity index (χ0v) is 23.0. The van der Waals surface area contributed by atoms with E-state index in [0.717, 1.165) is 41.1 Å². The summed E-state index contributed by atoms with van der Waals surface area (Å²) < 4.78 is 11.9. The predicted octanol–water partition coefficient (Wildman–Crippen LogP) is 6.03. The molecule has 204 valence electrons. The number of para-hydroxylation sites is 1. The Bertz CT molecular complexity index is 1400. The molecule has 5 aliphatic carbocycles. The number of benzene rings is 1. The molecule has 3 fully saturated rings. The first kappa shape index (κ1) is 24.7. The molecule has 1 aromatic rings. The van der Waals surface area contributed by atoms with Crippen LogP contribution in [0.5, 0.6) is 5.75 Å². The molecule has 0 radical (unpaired) electrons. The molecule has 3 saturated carbocycles. The number of esters is 1. The zero-order valence-electron chi connectivity index (χ0n) is 23.0. The van der Waals surface area contributed by atoms with E-state index >= 15 is 0 Å². The highest BCUT2D eigenvalue weighted by Gasteiger charge is 2.69. The number of dihydropyridines is 1. The highest BCUT2D eigenvalue weighted by Crippen LogP contribution is 2.73. The molecule has 0 amide bonds. The van der Waals surface area contributed by atoms with Crippen LogP contribution in [0.1, 0.15) is 70.3 Å². The first-order valence-electron chi connectivity index (χ1n) is 14.4. The largest absolute Gasteiger partial charge is 0.508 e. The van der Waals surface area contributed by atoms with Gasteiger partial charge in [-0.15, -0.1) is 0 Å². The molecule has 7 atom stereocenters. The van der Waals surface area contributed by atoms with E-state index in [4.69, 9.17) is 9.47 Å². The maximum absolute atomic E-state index is 14.0. The monoisotopic (exact) mass is 527 g/mol. The molecule has 1 heterocycles. The number of ketones is 1. The minimum atomic E-state index is -0.500. The van der Waals surface area contributed by atoms with Crippen LogP contribution in [0.2, 0.25) is 0 Å². The molecule has 6 heteroatoms. The van der Waals surface area contributed by atoms with Gasteiger partial charge in [-0.25, -0.2) is 4.79 Å². The third-order valence-electron chi connectivity index (χ3n) is 10.6. The Balaban J connectivity index is 1.22. The summed E-state index contributed by atoms with van der Waals surface area (Å²) in [7, 11) is 1.66. The molecule has 2 N–H and O–H groups in total. The van der Waals surface area contributed by atoms with Crippen molar-refractivity contribution in [3.63, 3.8) is 0 Å². The fourth-order valence-corrected chi connectivity index (χ4v) is 9.10. The van der Waals surface area contributed by atoms with Gasteiger partial charge in [0.15, 0.2) is 5.78 Å². The van der Waals surface area contributed by atoms with Crippen molar-refractivity contribution in [3.8, 4) is 5.75 Å². The van der Waals surface area contributed by atoms with Gasteiger partial charge in [-0.3, -0.25) is 4.79 Å². The van der Waals surface area contributed by atoms with Crippen molar-refractivity contribution < 1.29 is 24.2 Å². The smallest absolute Gasteiger partial charge is 0.337 e. The first-order valence-corrected chi connectivity index (χ1v) is 14.4. The fourth-order valence-electron chi connectivity index (χ4n) is 9.10. The van der Waals surface area contributed by atoms with Crippen molar-refractivity contribution in [3.05, 3.63) is 75.9 Å². The number of ether oxygens (including phenoxy) is 2. The van der Waals surface area contributed by atoms with E-state index in [2.05, 4.69) is 12.2 Å². The summed E-state index contributed by atoms with van der Waals surface area (Å²) in [6.07, 6.45) is 9.22. The Hall–Kier alpha value is -3.28. The van der Waals surface area contributed by atoms with E-state index in [9.17, 15) is 14.7 Å². The molecule has 0 saturated heterocycles. The number of nitrogens with one attached hydrogen (secondary N) is 1. The van der Waals surface area contributed by atoms with Crippen LogP contribution >= 0.6 is 0 Å². The molecule has 1 aromatic carbocycles. The fraction of sp³-hybridized carbons (Fsp3) is 0.515. The maximum atomic E-state index is 14.0. The van der Waals surface area contributed by atoms with E-state index in [0.29, 0.717) is 60.0 Å². The predicted molar refractivity (Wildman–Crippen MR) is 147 cm³/mol. The standard InChI is InChI=1S/C33H37NO5/c1-17-28(32(37)39-27-14-20-15-33(2)16-23(27)31(20)33)29(18-7-6-8-21(35)11-18)30-24(34-17)12-19(13-25(30)36)22-9-4-5-10-26(22)38-3/h4-5,8-11,19-20,23,27,29,31,34-35H,6-7,12-16H2,1-3H3/t19?,20-,23?,27?,29?,31-,33?/m0/s1. The van der Waals surface area contributed by atoms with Crippen LogP contribution in [0.25, 0.3) is 0 Å². The summed E-state index contributed by atoms with van der Waals surface area (Å²) in [5, 5.41) is 13.9. The maximum Gasteiger partial charge on any atom is 0.337 e. The van der Waals surface area contributed by atoms with Crippen molar-refractivity contribution >= 4 is 11.8 Å². The number of methoxy groups -OCH3 is 1. The van der Waals surface area contributed by atoms with Gasteiger partial charge in [-0.05, 0) is 86.5 Å². The van der Waals surface area contributed by atoms with Crippen LogP contribution in [0.3, 0.4) is 0 Å². The molecule has 0 spiro atoms. The normalized spacial score (nSPS) is 36.5. The number of rotatable bonds is 5. The third kappa shape index (κ3) is 3.74. The van der Waals surface area contributed by atoms with Crippen molar-refractivity contribution in [2.24, 2.45) is 29.1 Å². The number of hydrogen-bond acceptors (Lipinski definition) is 6. The first-order chi connectivity index (χ1) is 18.8. The van der Waals surface area contributed by atoms with Crippen molar-refractivity contribution in [1.29, 1.82) is 0 Å². The number of aliphatic hydroxyl groups is 1. The van der Waals surface area contributed by atoms with Crippen LogP contribution in [0.15, 0.2) is 70.3 Å². The SMILES string of the molecule is COc1ccccc1C1CC(=O)C2=C(C1)NC(C)=C(C(=O)OC1C[C@H]3CC4(C)CC1[C@H]34)C2C1=CC(O)=CCC1. The Morgan fingerprint density at radius 2 is 2.00 bits per heavy atom. The number of carbonyl (C=O) groups excluding carboxylic acids is 2. The molecule has 0 bridgehead atoms. The molecule has 1 aliphatic heterocycles. The number of aliphatic hydroxyl groups excluding tert-OH is 1. The van der Waals surface area contributed by atoms with Crippen molar-refractivity contribution in [2.45, 2.75) is 70.8 Å². The quantitative estimate of drug-likeness (QED) is 0.455. The van der Waals surface area contributed by atoms with Gasteiger partial charge in [0, 0.05) is 41.1 Å². The lowest BCUT2D eigenvalue weighted by Gasteiger charge is -2.62. The lowest BCUT2D eigenvalue weighted by Crippen LogP contribution is -2.56. The van der Waals surface area contributed by atoms with Gasteiger partial charge in [-0.1, -0.05) is 30.7 Å². The summed E-state index contributed by atoms with van der Waals surface area (Å²) in [6.45, 7) is 4.29. The van der Waals surface area contributed by atoms with Gasteiger partial charge >= 0.3 is 5.97 Å². The van der Waals surface area contributed by atoms with Crippen LogP contribution < -0.4 is 10.1 Å². The van der Waals surface area contributed by atoms with Gasteiger partial charge in [0.2, 0.25) is 0 Å². The number of allylic oxidation sites excluding steroid dienone is 6. The van der Waals surface area contributed by atoms with Gasteiger partial charge in [-0.2, -0.15) is 0 Å². The van der Waals surface area contributed by atoms with Gasteiger partial charge < -0.3 is 19.9 Å². The number of Topliss-reactive ketones (excluding diaryl/α,β-unsaturated/α-hetero) is 1. The van der Waals surface area contributed by atoms with E-state index in [-0.39, 0.29) is 29.5 Å². The number of hydrogen-bond donors (Lipinski definition) is 2. The van der Waals surface area contributed by atoms with Crippen LogP contribution in [-0.4, -0.2) is 30.1 Å². The molecule has 39 heavy (non-hydrogen) atoms. The average Bonchev–Trinajstić information content (AvgIpc) is 3.03. The molecule has 6 nitrogen and oxygen atoms in total. The van der Waals surface area contributed by atoms with Crippen molar-refractivity contribution in [2.75, 3.05) is 7.11 Å². The molecular formula is C33H37NO5. The summed E-state index contributed by atoms with van der Waals surface area (Å²) >= 11 is 0. The molecular weight excluding hydrogens is 490 g/mol. The van der Waals surface area contributed by atoms with Crippen LogP contribution in [-0.2, 0) is 14.3 Å². The third-order valence-corrected chi connectivity index (χ3v) is 10.6. The zero-order chi connectivity index (χ0) is 27.1. The lowest BCUT2D eigenvalue weighted by molar-refractivity contribution is -0.165. The van der Waals surface area contributed by atoms with Gasteiger partial charge in [0.25, 0.3) is 0 Å².